The van der Waals surface area contributed by atoms with Gasteiger partial charge >= 0.3 is 0 Å². The zero-order valence-electron chi connectivity index (χ0n) is 13.2. The fourth-order valence-corrected chi connectivity index (χ4v) is 3.17. The Labute approximate surface area is 128 Å². The predicted molar refractivity (Wildman–Crippen MR) is 90.6 cm³/mol. The van der Waals surface area contributed by atoms with Gasteiger partial charge in [0.1, 0.15) is 0 Å². The summed E-state index contributed by atoms with van der Waals surface area (Å²) in [6, 6.07) is 16.7. The van der Waals surface area contributed by atoms with Gasteiger partial charge in [0.2, 0.25) is 0 Å². The first-order chi connectivity index (χ1) is 10.3. The molecule has 1 saturated carbocycles. The molecule has 0 aromatic heterocycles. The Balaban J connectivity index is 1.79. The second-order valence-corrected chi connectivity index (χ2v) is 6.17. The van der Waals surface area contributed by atoms with Crippen LogP contribution in [0.2, 0.25) is 0 Å². The fraction of sp³-hybridized carbons (Fsp3) is 0.474. The first-order valence-electron chi connectivity index (χ1n) is 8.22. The molecule has 1 atom stereocenters. The number of likely N-dealkylation sites (N-methyl/N-ethyl adjacent to an activating group) is 1. The molecule has 1 N–H and O–H groups in total. The van der Waals surface area contributed by atoms with E-state index in [1.807, 2.05) is 0 Å². The molecule has 0 heterocycles. The lowest BCUT2D eigenvalue weighted by Crippen LogP contribution is -2.35. The number of benzene rings is 2. The fourth-order valence-electron chi connectivity index (χ4n) is 3.17. The Bertz CT molecular complexity index is 589. The number of nitrogens with zero attached hydrogens (tertiary/aromatic N) is 1. The van der Waals surface area contributed by atoms with Crippen molar-refractivity contribution in [2.24, 2.45) is 0 Å². The lowest BCUT2D eigenvalue weighted by atomic mass is 10.0. The molecule has 2 nitrogen and oxygen atoms in total. The van der Waals surface area contributed by atoms with Crippen molar-refractivity contribution in [3.8, 4) is 0 Å². The molecule has 1 aliphatic carbocycles. The minimum atomic E-state index is 0.418. The first kappa shape index (κ1) is 14.6. The number of fused-ring (bicyclic) bond motifs is 1. The lowest BCUT2D eigenvalue weighted by molar-refractivity contribution is 0.237. The molecule has 0 spiro atoms. The molecule has 0 aliphatic heterocycles. The summed E-state index contributed by atoms with van der Waals surface area (Å²) in [6.07, 6.45) is 4.01. The third kappa shape index (κ3) is 3.45. The summed E-state index contributed by atoms with van der Waals surface area (Å²) in [5, 5.41) is 6.17. The van der Waals surface area contributed by atoms with Crippen LogP contribution in [0.15, 0.2) is 42.5 Å². The molecule has 2 heteroatoms. The van der Waals surface area contributed by atoms with E-state index in [2.05, 4.69) is 66.7 Å². The predicted octanol–water partition coefficient (Wildman–Crippen LogP) is 3.97. The normalized spacial score (nSPS) is 16.5. The summed E-state index contributed by atoms with van der Waals surface area (Å²) in [4.78, 5) is 2.66. The van der Waals surface area contributed by atoms with Crippen LogP contribution in [-0.2, 0) is 0 Å². The van der Waals surface area contributed by atoms with E-state index in [1.54, 1.807) is 0 Å². The summed E-state index contributed by atoms with van der Waals surface area (Å²) in [5.74, 6) is 0. The van der Waals surface area contributed by atoms with Gasteiger partial charge in [-0.05, 0) is 55.3 Å². The summed E-state index contributed by atoms with van der Waals surface area (Å²) in [7, 11) is 2.08. The number of hydrogen-bond acceptors (Lipinski definition) is 2. The maximum atomic E-state index is 3.51. The van der Waals surface area contributed by atoms with E-state index in [9.17, 15) is 0 Å². The molecular formula is C19H26N2. The maximum Gasteiger partial charge on any atom is 0.0447 e. The van der Waals surface area contributed by atoms with E-state index in [-0.39, 0.29) is 0 Å². The summed E-state index contributed by atoms with van der Waals surface area (Å²) < 4.78 is 0. The third-order valence-electron chi connectivity index (χ3n) is 4.52. The molecule has 3 rings (SSSR count). The van der Waals surface area contributed by atoms with Gasteiger partial charge in [0.15, 0.2) is 0 Å². The monoisotopic (exact) mass is 282 g/mol. The van der Waals surface area contributed by atoms with E-state index < -0.39 is 0 Å². The van der Waals surface area contributed by atoms with Crippen LogP contribution in [0.25, 0.3) is 10.8 Å². The molecule has 0 radical (unpaired) electrons. The Morgan fingerprint density at radius 1 is 1.14 bits per heavy atom. The van der Waals surface area contributed by atoms with Gasteiger partial charge < -0.3 is 5.32 Å². The van der Waals surface area contributed by atoms with Crippen molar-refractivity contribution < 1.29 is 0 Å². The van der Waals surface area contributed by atoms with Gasteiger partial charge in [-0.3, -0.25) is 4.90 Å². The highest BCUT2D eigenvalue weighted by Crippen LogP contribution is 2.29. The maximum absolute atomic E-state index is 3.51. The SMILES string of the molecule is CCCN(CC(NC)c1ccc2ccccc2c1)C1CC1. The smallest absolute Gasteiger partial charge is 0.0447 e. The standard InChI is InChI=1S/C19H26N2/c1-3-12-21(18-10-11-18)14-19(20-2)17-9-8-15-6-4-5-7-16(15)13-17/h4-9,13,18-20H,3,10-12,14H2,1-2H3. The van der Waals surface area contributed by atoms with Gasteiger partial charge in [-0.1, -0.05) is 43.3 Å². The molecular weight excluding hydrogens is 256 g/mol. The zero-order chi connectivity index (χ0) is 14.7. The minimum Gasteiger partial charge on any atom is -0.312 e. The summed E-state index contributed by atoms with van der Waals surface area (Å²) >= 11 is 0. The lowest BCUT2D eigenvalue weighted by Gasteiger charge is -2.27. The Morgan fingerprint density at radius 3 is 2.57 bits per heavy atom. The van der Waals surface area contributed by atoms with Crippen LogP contribution < -0.4 is 5.32 Å². The first-order valence-corrected chi connectivity index (χ1v) is 8.22. The second kappa shape index (κ2) is 6.59. The van der Waals surface area contributed by atoms with Gasteiger partial charge in [0.05, 0.1) is 0 Å². The van der Waals surface area contributed by atoms with E-state index in [0.717, 1.165) is 12.6 Å². The molecule has 112 valence electrons. The van der Waals surface area contributed by atoms with Crippen molar-refractivity contribution in [2.45, 2.75) is 38.3 Å². The Kier molecular flexibility index (Phi) is 4.57. The van der Waals surface area contributed by atoms with Crippen molar-refractivity contribution >= 4 is 10.8 Å². The number of nitrogens with one attached hydrogen (secondary N) is 1. The highest BCUT2D eigenvalue weighted by molar-refractivity contribution is 5.83. The molecule has 1 fully saturated rings. The van der Waals surface area contributed by atoms with Crippen molar-refractivity contribution in [1.29, 1.82) is 0 Å². The quantitative estimate of drug-likeness (QED) is 0.826. The van der Waals surface area contributed by atoms with Gasteiger partial charge in [-0.25, -0.2) is 0 Å². The van der Waals surface area contributed by atoms with Crippen molar-refractivity contribution in [1.82, 2.24) is 10.2 Å². The van der Waals surface area contributed by atoms with Gasteiger partial charge in [0.25, 0.3) is 0 Å². The van der Waals surface area contributed by atoms with E-state index in [1.165, 1.54) is 42.1 Å². The average Bonchev–Trinajstić information content (AvgIpc) is 3.36. The minimum absolute atomic E-state index is 0.418. The van der Waals surface area contributed by atoms with Gasteiger partial charge in [0, 0.05) is 18.6 Å². The number of hydrogen-bond donors (Lipinski definition) is 1. The van der Waals surface area contributed by atoms with Crippen LogP contribution in [0.4, 0.5) is 0 Å². The van der Waals surface area contributed by atoms with E-state index in [4.69, 9.17) is 0 Å². The molecule has 0 amide bonds. The van der Waals surface area contributed by atoms with Crippen molar-refractivity contribution in [2.75, 3.05) is 20.1 Å². The van der Waals surface area contributed by atoms with Crippen molar-refractivity contribution in [3.05, 3.63) is 48.0 Å². The molecule has 2 aromatic carbocycles. The molecule has 2 aromatic rings. The average molecular weight is 282 g/mol. The highest BCUT2D eigenvalue weighted by atomic mass is 15.2. The number of rotatable bonds is 7. The molecule has 0 bridgehead atoms. The molecule has 1 aliphatic rings. The molecule has 0 saturated heterocycles. The van der Waals surface area contributed by atoms with Crippen LogP contribution in [0.5, 0.6) is 0 Å². The summed E-state index contributed by atoms with van der Waals surface area (Å²) in [5.41, 5.74) is 1.40. The van der Waals surface area contributed by atoms with Crippen LogP contribution in [0.1, 0.15) is 37.8 Å². The summed E-state index contributed by atoms with van der Waals surface area (Å²) in [6.45, 7) is 4.61. The molecule has 21 heavy (non-hydrogen) atoms. The largest absolute Gasteiger partial charge is 0.312 e. The van der Waals surface area contributed by atoms with Crippen LogP contribution in [0.3, 0.4) is 0 Å². The Morgan fingerprint density at radius 2 is 1.90 bits per heavy atom. The van der Waals surface area contributed by atoms with Crippen LogP contribution in [0, 0.1) is 0 Å². The third-order valence-corrected chi connectivity index (χ3v) is 4.52. The molecule has 1 unspecified atom stereocenters. The van der Waals surface area contributed by atoms with Gasteiger partial charge in [-0.2, -0.15) is 0 Å². The van der Waals surface area contributed by atoms with Crippen LogP contribution >= 0.6 is 0 Å². The van der Waals surface area contributed by atoms with E-state index >= 15 is 0 Å². The van der Waals surface area contributed by atoms with Crippen molar-refractivity contribution in [3.63, 3.8) is 0 Å². The topological polar surface area (TPSA) is 15.3 Å². The zero-order valence-corrected chi connectivity index (χ0v) is 13.2. The van der Waals surface area contributed by atoms with Gasteiger partial charge in [-0.15, -0.1) is 0 Å². The van der Waals surface area contributed by atoms with E-state index in [0.29, 0.717) is 6.04 Å². The Hall–Kier alpha value is -1.38. The highest BCUT2D eigenvalue weighted by Gasteiger charge is 2.29. The van der Waals surface area contributed by atoms with Crippen LogP contribution in [-0.4, -0.2) is 31.1 Å². The second-order valence-electron chi connectivity index (χ2n) is 6.17.